The third kappa shape index (κ3) is 2.15. The fourth-order valence-corrected chi connectivity index (χ4v) is 3.12. The van der Waals surface area contributed by atoms with Crippen LogP contribution in [0.25, 0.3) is 11.3 Å². The van der Waals surface area contributed by atoms with E-state index in [1.807, 2.05) is 41.2 Å². The number of anilines is 2. The molecule has 0 bridgehead atoms. The van der Waals surface area contributed by atoms with Crippen molar-refractivity contribution in [1.82, 2.24) is 29.2 Å². The van der Waals surface area contributed by atoms with Crippen molar-refractivity contribution in [3.63, 3.8) is 0 Å². The van der Waals surface area contributed by atoms with Crippen molar-refractivity contribution in [3.8, 4) is 0 Å². The summed E-state index contributed by atoms with van der Waals surface area (Å²) in [5.74, 6) is 1.99. The summed E-state index contributed by atoms with van der Waals surface area (Å²) in [6.07, 6.45) is 7.36. The van der Waals surface area contributed by atoms with Gasteiger partial charge in [-0.05, 0) is 18.2 Å². The molecule has 8 nitrogen and oxygen atoms in total. The van der Waals surface area contributed by atoms with Crippen molar-refractivity contribution in [3.05, 3.63) is 49.1 Å². The second kappa shape index (κ2) is 5.19. The fraction of sp³-hybridized carbons (Fsp3) is 0.250. The minimum absolute atomic E-state index is 0.871. The van der Waals surface area contributed by atoms with Gasteiger partial charge in [-0.2, -0.15) is 5.10 Å². The lowest BCUT2D eigenvalue weighted by molar-refractivity contribution is 0.636. The zero-order valence-electron chi connectivity index (χ0n) is 13.0. The summed E-state index contributed by atoms with van der Waals surface area (Å²) in [5.41, 5.74) is 1.75. The topological polar surface area (TPSA) is 66.9 Å². The molecule has 4 aromatic heterocycles. The first-order chi connectivity index (χ1) is 11.9. The number of piperazine rings is 1. The maximum Gasteiger partial charge on any atom is 0.157 e. The highest BCUT2D eigenvalue weighted by Crippen LogP contribution is 2.18. The van der Waals surface area contributed by atoms with Crippen LogP contribution in [-0.4, -0.2) is 55.4 Å². The van der Waals surface area contributed by atoms with Crippen molar-refractivity contribution in [2.24, 2.45) is 0 Å². The Balaban J connectivity index is 1.34. The molecule has 0 aliphatic carbocycles. The number of hydrogen-bond donors (Lipinski definition) is 0. The number of aromatic nitrogens is 6. The van der Waals surface area contributed by atoms with Crippen LogP contribution < -0.4 is 9.80 Å². The Morgan fingerprint density at radius 1 is 0.708 bits per heavy atom. The number of nitrogens with zero attached hydrogens (tertiary/aromatic N) is 8. The van der Waals surface area contributed by atoms with Crippen LogP contribution in [0.5, 0.6) is 0 Å². The quantitative estimate of drug-likeness (QED) is 0.551. The molecule has 0 spiro atoms. The minimum atomic E-state index is 0.871. The van der Waals surface area contributed by atoms with E-state index < -0.39 is 0 Å². The Kier molecular flexibility index (Phi) is 2.87. The van der Waals surface area contributed by atoms with Gasteiger partial charge >= 0.3 is 0 Å². The average Bonchev–Trinajstić information content (AvgIpc) is 3.29. The number of hydrogen-bond acceptors (Lipinski definition) is 6. The molecule has 0 amide bonds. The van der Waals surface area contributed by atoms with Gasteiger partial charge in [0.2, 0.25) is 0 Å². The second-order valence-electron chi connectivity index (χ2n) is 5.82. The fourth-order valence-electron chi connectivity index (χ4n) is 3.12. The molecule has 8 heteroatoms. The smallest absolute Gasteiger partial charge is 0.157 e. The standard InChI is InChI=1S/C16H16N8/c1-2-16(20-24-8-6-17-13(1)24)22-11-9-21(10-12-22)14-4-7-23-15(19-14)3-5-18-23/h1-8H,9-12H2. The predicted octanol–water partition coefficient (Wildman–Crippen LogP) is 1.10. The lowest BCUT2D eigenvalue weighted by Crippen LogP contribution is -2.47. The molecule has 120 valence electrons. The van der Waals surface area contributed by atoms with Crippen LogP contribution in [0.1, 0.15) is 0 Å². The Labute approximate surface area is 138 Å². The molecule has 0 radical (unpaired) electrons. The Bertz CT molecular complexity index is 913. The van der Waals surface area contributed by atoms with Crippen LogP contribution >= 0.6 is 0 Å². The summed E-state index contributed by atoms with van der Waals surface area (Å²) >= 11 is 0. The van der Waals surface area contributed by atoms with Crippen molar-refractivity contribution in [2.45, 2.75) is 0 Å². The van der Waals surface area contributed by atoms with Crippen LogP contribution in [0.2, 0.25) is 0 Å². The number of fused-ring (bicyclic) bond motifs is 2. The van der Waals surface area contributed by atoms with E-state index in [4.69, 9.17) is 0 Å². The molecule has 0 saturated carbocycles. The molecule has 1 aliphatic heterocycles. The Morgan fingerprint density at radius 3 is 2.42 bits per heavy atom. The molecule has 5 heterocycles. The molecule has 4 aromatic rings. The normalized spacial score (nSPS) is 15.5. The van der Waals surface area contributed by atoms with E-state index in [-0.39, 0.29) is 0 Å². The third-order valence-electron chi connectivity index (χ3n) is 4.41. The molecule has 0 atom stereocenters. The summed E-state index contributed by atoms with van der Waals surface area (Å²) in [5, 5.41) is 8.81. The average molecular weight is 320 g/mol. The molecular weight excluding hydrogens is 304 g/mol. The van der Waals surface area contributed by atoms with Gasteiger partial charge in [0.05, 0.1) is 6.20 Å². The van der Waals surface area contributed by atoms with E-state index in [1.54, 1.807) is 16.9 Å². The highest BCUT2D eigenvalue weighted by molar-refractivity contribution is 5.50. The van der Waals surface area contributed by atoms with Gasteiger partial charge in [0, 0.05) is 50.8 Å². The van der Waals surface area contributed by atoms with E-state index in [1.165, 1.54) is 0 Å². The van der Waals surface area contributed by atoms with Crippen LogP contribution in [0.3, 0.4) is 0 Å². The molecule has 1 aliphatic rings. The minimum Gasteiger partial charge on any atom is -0.353 e. The summed E-state index contributed by atoms with van der Waals surface area (Å²) in [7, 11) is 0. The van der Waals surface area contributed by atoms with Crippen molar-refractivity contribution < 1.29 is 0 Å². The Hall–Kier alpha value is -3.16. The lowest BCUT2D eigenvalue weighted by atomic mass is 10.3. The summed E-state index contributed by atoms with van der Waals surface area (Å²) in [6, 6.07) is 7.98. The van der Waals surface area contributed by atoms with Crippen molar-refractivity contribution in [1.29, 1.82) is 0 Å². The van der Waals surface area contributed by atoms with Crippen molar-refractivity contribution in [2.75, 3.05) is 36.0 Å². The van der Waals surface area contributed by atoms with Crippen molar-refractivity contribution >= 4 is 22.9 Å². The number of rotatable bonds is 2. The van der Waals surface area contributed by atoms with Gasteiger partial charge in [-0.15, -0.1) is 5.10 Å². The van der Waals surface area contributed by atoms with Crippen LogP contribution in [0, 0.1) is 0 Å². The van der Waals surface area contributed by atoms with Gasteiger partial charge in [-0.3, -0.25) is 0 Å². The zero-order chi connectivity index (χ0) is 15.9. The van der Waals surface area contributed by atoms with E-state index in [9.17, 15) is 0 Å². The highest BCUT2D eigenvalue weighted by atomic mass is 15.4. The van der Waals surface area contributed by atoms with Crippen LogP contribution in [0.15, 0.2) is 49.1 Å². The first-order valence-electron chi connectivity index (χ1n) is 7.97. The molecule has 1 fully saturated rings. The summed E-state index contributed by atoms with van der Waals surface area (Å²) in [4.78, 5) is 13.5. The summed E-state index contributed by atoms with van der Waals surface area (Å²) in [6.45, 7) is 3.67. The van der Waals surface area contributed by atoms with Gasteiger partial charge in [-0.1, -0.05) is 0 Å². The van der Waals surface area contributed by atoms with Gasteiger partial charge < -0.3 is 9.80 Å². The SMILES string of the molecule is c1cn2nc(N3CCN(c4ccn5nccc5n4)CC3)ccc2n1. The van der Waals surface area contributed by atoms with Gasteiger partial charge in [-0.25, -0.2) is 19.0 Å². The second-order valence-corrected chi connectivity index (χ2v) is 5.82. The third-order valence-corrected chi connectivity index (χ3v) is 4.41. The molecular formula is C16H16N8. The molecule has 24 heavy (non-hydrogen) atoms. The van der Waals surface area contributed by atoms with Crippen LogP contribution in [-0.2, 0) is 0 Å². The van der Waals surface area contributed by atoms with Gasteiger partial charge in [0.1, 0.15) is 11.6 Å². The molecule has 0 unspecified atom stereocenters. The molecule has 5 rings (SSSR count). The van der Waals surface area contributed by atoms with Crippen LogP contribution in [0.4, 0.5) is 11.6 Å². The monoisotopic (exact) mass is 320 g/mol. The van der Waals surface area contributed by atoms with Gasteiger partial charge in [0.25, 0.3) is 0 Å². The summed E-state index contributed by atoms with van der Waals surface area (Å²) < 4.78 is 3.60. The maximum atomic E-state index is 4.67. The van der Waals surface area contributed by atoms with Gasteiger partial charge in [0.15, 0.2) is 11.3 Å². The largest absolute Gasteiger partial charge is 0.353 e. The van der Waals surface area contributed by atoms with E-state index in [0.717, 1.165) is 49.1 Å². The molecule has 0 N–H and O–H groups in total. The van der Waals surface area contributed by atoms with E-state index in [2.05, 4.69) is 30.0 Å². The first kappa shape index (κ1) is 13.3. The highest BCUT2D eigenvalue weighted by Gasteiger charge is 2.19. The lowest BCUT2D eigenvalue weighted by Gasteiger charge is -2.35. The van der Waals surface area contributed by atoms with E-state index in [0.29, 0.717) is 0 Å². The molecule has 1 saturated heterocycles. The Morgan fingerprint density at radius 2 is 1.54 bits per heavy atom. The predicted molar refractivity (Wildman–Crippen MR) is 90.4 cm³/mol. The zero-order valence-corrected chi connectivity index (χ0v) is 13.0. The molecule has 0 aromatic carbocycles. The van der Waals surface area contributed by atoms with E-state index >= 15 is 0 Å². The maximum absolute atomic E-state index is 4.67. The number of imidazole rings is 1. The first-order valence-corrected chi connectivity index (χ1v) is 7.97.